The van der Waals surface area contributed by atoms with Crippen molar-refractivity contribution >= 4 is 26.5 Å². The summed E-state index contributed by atoms with van der Waals surface area (Å²) in [5.41, 5.74) is -1.19. The minimum atomic E-state index is -5.01. The van der Waals surface area contributed by atoms with E-state index in [9.17, 15) is 67.0 Å². The SMILES string of the molecule is C=C(C)CCCC(C)(O)C1C2CC3(C)C4=CCC5C(C)(C)C(OC6OCC(S(=O)(=O)O)C(O)C6OC6OC(C)C(OC7OCC(O)C(OC8OC(COS(=O)(=O)O)C(O)C(OC)C8O)C7O)C(O)C6O)CCC5(C)C4CCC13C(=O)O2. The van der Waals surface area contributed by atoms with Crippen molar-refractivity contribution < 1.29 is 123 Å². The van der Waals surface area contributed by atoms with Gasteiger partial charge < -0.3 is 88.2 Å². The molecule has 81 heavy (non-hydrogen) atoms. The quantitative estimate of drug-likeness (QED) is 0.0488. The van der Waals surface area contributed by atoms with Crippen molar-refractivity contribution in [2.45, 2.75) is 234 Å². The van der Waals surface area contributed by atoms with Crippen molar-refractivity contribution in [3.05, 3.63) is 23.8 Å². The van der Waals surface area contributed by atoms with Crippen molar-refractivity contribution in [2.75, 3.05) is 26.9 Å². The van der Waals surface area contributed by atoms with Crippen LogP contribution in [0.15, 0.2) is 23.8 Å². The summed E-state index contributed by atoms with van der Waals surface area (Å²) in [7, 11) is -8.88. The molecule has 5 heterocycles. The van der Waals surface area contributed by atoms with E-state index in [2.05, 4.69) is 44.5 Å². The lowest BCUT2D eigenvalue weighted by molar-refractivity contribution is -0.379. The molecule has 26 nitrogen and oxygen atoms in total. The maximum absolute atomic E-state index is 14.2. The van der Waals surface area contributed by atoms with Crippen LogP contribution in [0.2, 0.25) is 0 Å². The highest BCUT2D eigenvalue weighted by molar-refractivity contribution is 7.86. The summed E-state index contributed by atoms with van der Waals surface area (Å²) in [6, 6.07) is 0. The Labute approximate surface area is 472 Å². The predicted molar refractivity (Wildman–Crippen MR) is 276 cm³/mol. The molecular weight excluding hydrogens is 1120 g/mol. The first-order valence-electron chi connectivity index (χ1n) is 27.9. The summed E-state index contributed by atoms with van der Waals surface area (Å²) in [6.07, 6.45) is -22.4. The third-order valence-electron chi connectivity index (χ3n) is 20.2. The van der Waals surface area contributed by atoms with Gasteiger partial charge in [-0.05, 0) is 101 Å². The van der Waals surface area contributed by atoms with Crippen LogP contribution in [0, 0.1) is 39.4 Å². The number of rotatable bonds is 18. The van der Waals surface area contributed by atoms with Gasteiger partial charge in [-0.1, -0.05) is 44.9 Å². The molecule has 27 atom stereocenters. The van der Waals surface area contributed by atoms with Crippen LogP contribution in [-0.4, -0.2) is 227 Å². The van der Waals surface area contributed by atoms with E-state index in [1.54, 1.807) is 0 Å². The van der Waals surface area contributed by atoms with Crippen molar-refractivity contribution in [3.63, 3.8) is 0 Å². The third-order valence-corrected chi connectivity index (χ3v) is 21.8. The van der Waals surface area contributed by atoms with Crippen LogP contribution in [0.5, 0.6) is 0 Å². The first-order valence-corrected chi connectivity index (χ1v) is 30.8. The van der Waals surface area contributed by atoms with Crippen LogP contribution < -0.4 is 0 Å². The van der Waals surface area contributed by atoms with Gasteiger partial charge in [-0.3, -0.25) is 13.9 Å². The van der Waals surface area contributed by atoms with Gasteiger partial charge in [0.25, 0.3) is 10.1 Å². The standard InChI is InChI=1S/C53H84O26S2/c1-23(2)11-10-16-52(8,62)43-28-19-51(7)26-12-13-31-49(4,5)32(15-17-50(31,6)25(26)14-18-53(43,51)48(61)75-28)76-47-42(34(56)30(22-71-47)80(63,64)65)79-45-36(58)35(57)39(24(3)73-45)77-44-37(59)40(27(54)20-70-44)78-46-38(60)41(69-9)33(55)29(74-46)21-72-81(66,67)68/h12,24-25,27-47,54-60,62H,1,10-11,13-22H2,2-9H3,(H,63,64,65)(H,66,67,68). The molecule has 4 aliphatic carbocycles. The Kier molecular flexibility index (Phi) is 18.0. The molecule has 5 saturated heterocycles. The zero-order chi connectivity index (χ0) is 59.5. The molecule has 9 aliphatic rings. The average molecular weight is 1200 g/mol. The van der Waals surface area contributed by atoms with E-state index in [4.69, 9.17) is 51.9 Å². The second-order valence-corrected chi connectivity index (χ2v) is 28.3. The lowest BCUT2D eigenvalue weighted by Gasteiger charge is -2.64. The maximum atomic E-state index is 14.2. The van der Waals surface area contributed by atoms with Gasteiger partial charge in [-0.2, -0.15) is 16.8 Å². The molecule has 1 spiro atoms. The smallest absolute Gasteiger partial charge is 0.397 e. The molecule has 9 rings (SSSR count). The molecule has 5 aliphatic heterocycles. The van der Waals surface area contributed by atoms with Crippen molar-refractivity contribution in [2.24, 2.45) is 39.4 Å². The summed E-state index contributed by atoms with van der Waals surface area (Å²) in [4.78, 5) is 14.2. The second-order valence-electron chi connectivity index (χ2n) is 25.6. The number of hydrogen-bond acceptors (Lipinski definition) is 24. The van der Waals surface area contributed by atoms with E-state index in [0.717, 1.165) is 25.5 Å². The van der Waals surface area contributed by atoms with E-state index in [1.165, 1.54) is 12.5 Å². The first-order chi connectivity index (χ1) is 37.6. The minimum absolute atomic E-state index is 0.00520. The zero-order valence-corrected chi connectivity index (χ0v) is 48.5. The van der Waals surface area contributed by atoms with Gasteiger partial charge in [0, 0.05) is 18.4 Å². The fourth-order valence-electron chi connectivity index (χ4n) is 16.2. The fourth-order valence-corrected chi connectivity index (χ4v) is 17.2. The van der Waals surface area contributed by atoms with E-state index in [-0.39, 0.29) is 29.1 Å². The number of fused-ring (bicyclic) bond motifs is 5. The van der Waals surface area contributed by atoms with Crippen LogP contribution >= 0.6 is 0 Å². The molecule has 10 N–H and O–H groups in total. The summed E-state index contributed by atoms with van der Waals surface area (Å²) in [5.74, 6) is -0.500. The lowest BCUT2D eigenvalue weighted by atomic mass is 9.40. The number of ether oxygens (including phenoxy) is 10. The predicted octanol–water partition coefficient (Wildman–Crippen LogP) is -0.0554. The Morgan fingerprint density at radius 3 is 2.09 bits per heavy atom. The number of allylic oxidation sites excluding steroid dienone is 3. The highest BCUT2D eigenvalue weighted by Gasteiger charge is 2.79. The summed E-state index contributed by atoms with van der Waals surface area (Å²) in [6.45, 7) is 15.6. The third kappa shape index (κ3) is 11.3. The van der Waals surface area contributed by atoms with Crippen molar-refractivity contribution in [3.8, 4) is 0 Å². The van der Waals surface area contributed by atoms with Gasteiger partial charge >= 0.3 is 16.4 Å². The van der Waals surface area contributed by atoms with Crippen LogP contribution in [-0.2, 0) is 76.9 Å². The summed E-state index contributed by atoms with van der Waals surface area (Å²) < 4.78 is 130. The number of methoxy groups -OCH3 is 1. The van der Waals surface area contributed by atoms with Crippen molar-refractivity contribution in [1.29, 1.82) is 0 Å². The van der Waals surface area contributed by atoms with Gasteiger partial charge in [-0.15, -0.1) is 6.58 Å². The van der Waals surface area contributed by atoms with Crippen LogP contribution in [0.1, 0.15) is 106 Å². The van der Waals surface area contributed by atoms with E-state index >= 15 is 0 Å². The Balaban J connectivity index is 0.880. The summed E-state index contributed by atoms with van der Waals surface area (Å²) >= 11 is 0. The molecule has 0 aromatic carbocycles. The Morgan fingerprint density at radius 1 is 0.790 bits per heavy atom. The Hall–Kier alpha value is -1.95. The average Bonchev–Trinajstić information content (AvgIpc) is 1.61. The number of aliphatic hydroxyl groups excluding tert-OH is 7. The maximum Gasteiger partial charge on any atom is 0.397 e. The van der Waals surface area contributed by atoms with Gasteiger partial charge in [0.15, 0.2) is 25.2 Å². The van der Waals surface area contributed by atoms with Crippen LogP contribution in [0.4, 0.5) is 0 Å². The molecule has 0 aromatic rings. The Morgan fingerprint density at radius 2 is 1.43 bits per heavy atom. The van der Waals surface area contributed by atoms with Gasteiger partial charge in [0.1, 0.15) is 84.6 Å². The molecule has 27 unspecified atom stereocenters. The molecular formula is C53H84O26S2. The number of esters is 1. The molecule has 8 fully saturated rings. The molecule has 464 valence electrons. The van der Waals surface area contributed by atoms with Crippen LogP contribution in [0.25, 0.3) is 0 Å². The van der Waals surface area contributed by atoms with E-state index in [0.29, 0.717) is 44.9 Å². The van der Waals surface area contributed by atoms with E-state index in [1.807, 2.05) is 13.8 Å². The van der Waals surface area contributed by atoms with Gasteiger partial charge in [0.2, 0.25) is 0 Å². The molecule has 28 heteroatoms. The largest absolute Gasteiger partial charge is 0.461 e. The first kappa shape index (κ1) is 63.5. The fraction of sp³-hybridized carbons (Fsp3) is 0.906. The molecule has 0 aromatic heterocycles. The number of hydrogen-bond donors (Lipinski definition) is 10. The highest BCUT2D eigenvalue weighted by Crippen LogP contribution is 2.76. The van der Waals surface area contributed by atoms with Crippen LogP contribution in [0.3, 0.4) is 0 Å². The number of carbonyl (C=O) groups is 1. The monoisotopic (exact) mass is 1200 g/mol. The molecule has 2 bridgehead atoms. The topological polar surface area (TPSA) is 389 Å². The molecule has 0 amide bonds. The minimum Gasteiger partial charge on any atom is -0.461 e. The van der Waals surface area contributed by atoms with Crippen molar-refractivity contribution in [1.82, 2.24) is 0 Å². The Bertz CT molecular complexity index is 2570. The highest BCUT2D eigenvalue weighted by atomic mass is 32.3. The summed E-state index contributed by atoms with van der Waals surface area (Å²) in [5, 5.41) is 89.1. The lowest BCUT2D eigenvalue weighted by Crippen LogP contribution is -2.66. The number of carbonyl (C=O) groups excluding carboxylic acids is 1. The molecule has 0 radical (unpaired) electrons. The normalized spacial score (nSPS) is 48.7. The second kappa shape index (κ2) is 23.0. The van der Waals surface area contributed by atoms with Gasteiger partial charge in [-0.25, -0.2) is 4.18 Å². The van der Waals surface area contributed by atoms with Gasteiger partial charge in [0.05, 0.1) is 43.0 Å². The van der Waals surface area contributed by atoms with E-state index < -0.39 is 184 Å². The zero-order valence-electron chi connectivity index (χ0n) is 46.9. The molecule has 3 saturated carbocycles. The number of aliphatic hydroxyl groups is 8.